The first-order chi connectivity index (χ1) is 9.29. The molecule has 0 spiro atoms. The van der Waals surface area contributed by atoms with Gasteiger partial charge in [0.15, 0.2) is 0 Å². The molecule has 1 aromatic heterocycles. The fourth-order valence-electron chi connectivity index (χ4n) is 1.59. The third-order valence-corrected chi connectivity index (χ3v) is 2.62. The number of pyridine rings is 1. The summed E-state index contributed by atoms with van der Waals surface area (Å²) >= 11 is 0. The van der Waals surface area contributed by atoms with Crippen LogP contribution in [0.2, 0.25) is 0 Å². The lowest BCUT2D eigenvalue weighted by molar-refractivity contribution is 0.0955. The van der Waals surface area contributed by atoms with E-state index >= 15 is 0 Å². The highest BCUT2D eigenvalue weighted by atomic mass is 16.2. The van der Waals surface area contributed by atoms with Gasteiger partial charge in [-0.25, -0.2) is 5.43 Å². The van der Waals surface area contributed by atoms with Crippen LogP contribution >= 0.6 is 0 Å². The SMILES string of the molecule is CCc1cc(C=NNC(=O)c2ccccc2)ccn1. The number of rotatable bonds is 4. The summed E-state index contributed by atoms with van der Waals surface area (Å²) in [7, 11) is 0. The number of amides is 1. The highest BCUT2D eigenvalue weighted by Gasteiger charge is 2.01. The van der Waals surface area contributed by atoms with Gasteiger partial charge >= 0.3 is 0 Å². The van der Waals surface area contributed by atoms with Crippen LogP contribution in [0.5, 0.6) is 0 Å². The summed E-state index contributed by atoms with van der Waals surface area (Å²) in [5.74, 6) is -0.221. The van der Waals surface area contributed by atoms with Crippen molar-refractivity contribution in [1.82, 2.24) is 10.4 Å². The van der Waals surface area contributed by atoms with Crippen molar-refractivity contribution >= 4 is 12.1 Å². The van der Waals surface area contributed by atoms with Crippen LogP contribution < -0.4 is 5.43 Å². The van der Waals surface area contributed by atoms with E-state index in [0.717, 1.165) is 17.7 Å². The number of hydrogen-bond donors (Lipinski definition) is 1. The molecule has 0 saturated heterocycles. The van der Waals surface area contributed by atoms with Gasteiger partial charge in [0.2, 0.25) is 0 Å². The molecule has 4 nitrogen and oxygen atoms in total. The van der Waals surface area contributed by atoms with Gasteiger partial charge in [-0.2, -0.15) is 5.10 Å². The Labute approximate surface area is 112 Å². The monoisotopic (exact) mass is 253 g/mol. The Kier molecular flexibility index (Phi) is 4.39. The Morgan fingerprint density at radius 3 is 2.84 bits per heavy atom. The number of aromatic nitrogens is 1. The van der Waals surface area contributed by atoms with E-state index in [1.165, 1.54) is 0 Å². The smallest absolute Gasteiger partial charge is 0.267 e. The zero-order chi connectivity index (χ0) is 13.5. The topological polar surface area (TPSA) is 54.4 Å². The summed E-state index contributed by atoms with van der Waals surface area (Å²) in [6.07, 6.45) is 4.22. The van der Waals surface area contributed by atoms with Gasteiger partial charge in [-0.15, -0.1) is 0 Å². The molecule has 0 aliphatic heterocycles. The van der Waals surface area contributed by atoms with Crippen LogP contribution in [0.15, 0.2) is 53.8 Å². The molecule has 1 heterocycles. The minimum absolute atomic E-state index is 0.221. The maximum atomic E-state index is 11.7. The molecule has 2 rings (SSSR count). The van der Waals surface area contributed by atoms with E-state index in [-0.39, 0.29) is 5.91 Å². The summed E-state index contributed by atoms with van der Waals surface area (Å²) in [5, 5.41) is 3.94. The summed E-state index contributed by atoms with van der Waals surface area (Å²) in [5.41, 5.74) is 5.00. The van der Waals surface area contributed by atoms with E-state index < -0.39 is 0 Å². The number of carbonyl (C=O) groups excluding carboxylic acids is 1. The minimum Gasteiger partial charge on any atom is -0.267 e. The van der Waals surface area contributed by atoms with Crippen molar-refractivity contribution in [3.8, 4) is 0 Å². The summed E-state index contributed by atoms with van der Waals surface area (Å²) < 4.78 is 0. The molecule has 0 bridgehead atoms. The Morgan fingerprint density at radius 1 is 1.32 bits per heavy atom. The van der Waals surface area contributed by atoms with E-state index in [9.17, 15) is 4.79 Å². The van der Waals surface area contributed by atoms with Crippen molar-refractivity contribution < 1.29 is 4.79 Å². The zero-order valence-electron chi connectivity index (χ0n) is 10.7. The van der Waals surface area contributed by atoms with Crippen molar-refractivity contribution in [2.24, 2.45) is 5.10 Å². The number of hydrazone groups is 1. The lowest BCUT2D eigenvalue weighted by atomic mass is 10.2. The zero-order valence-corrected chi connectivity index (χ0v) is 10.7. The number of hydrogen-bond acceptors (Lipinski definition) is 3. The number of benzene rings is 1. The van der Waals surface area contributed by atoms with Crippen LogP contribution in [0.3, 0.4) is 0 Å². The number of nitrogens with zero attached hydrogens (tertiary/aromatic N) is 2. The fourth-order valence-corrected chi connectivity index (χ4v) is 1.59. The third-order valence-electron chi connectivity index (χ3n) is 2.62. The largest absolute Gasteiger partial charge is 0.271 e. The first-order valence-corrected chi connectivity index (χ1v) is 6.13. The molecule has 4 heteroatoms. The quantitative estimate of drug-likeness (QED) is 0.672. The van der Waals surface area contributed by atoms with Gasteiger partial charge in [-0.05, 0) is 36.2 Å². The lowest BCUT2D eigenvalue weighted by Crippen LogP contribution is -2.17. The van der Waals surface area contributed by atoms with Gasteiger partial charge in [-0.3, -0.25) is 9.78 Å². The fraction of sp³-hybridized carbons (Fsp3) is 0.133. The Bertz CT molecular complexity index is 579. The lowest BCUT2D eigenvalue weighted by Gasteiger charge is -1.99. The molecule has 96 valence electrons. The van der Waals surface area contributed by atoms with E-state index in [1.807, 2.05) is 37.3 Å². The van der Waals surface area contributed by atoms with Gasteiger partial charge in [0.25, 0.3) is 5.91 Å². The second-order valence-electron chi connectivity index (χ2n) is 4.00. The molecule has 19 heavy (non-hydrogen) atoms. The molecule has 0 saturated carbocycles. The summed E-state index contributed by atoms with van der Waals surface area (Å²) in [6, 6.07) is 12.8. The van der Waals surface area contributed by atoms with Gasteiger partial charge in [0.05, 0.1) is 6.21 Å². The minimum atomic E-state index is -0.221. The number of carbonyl (C=O) groups is 1. The van der Waals surface area contributed by atoms with Crippen LogP contribution in [0, 0.1) is 0 Å². The first-order valence-electron chi connectivity index (χ1n) is 6.13. The first kappa shape index (κ1) is 13.0. The molecule has 0 atom stereocenters. The third kappa shape index (κ3) is 3.74. The van der Waals surface area contributed by atoms with Gasteiger partial charge in [-0.1, -0.05) is 25.1 Å². The average Bonchev–Trinajstić information content (AvgIpc) is 2.48. The molecular formula is C15H15N3O. The van der Waals surface area contributed by atoms with Crippen LogP contribution in [-0.2, 0) is 6.42 Å². The highest BCUT2D eigenvalue weighted by molar-refractivity contribution is 5.94. The second kappa shape index (κ2) is 6.44. The standard InChI is InChI=1S/C15H15N3O/c1-2-14-10-12(8-9-16-14)11-17-18-15(19)13-6-4-3-5-7-13/h3-11H,2H2,1H3,(H,18,19). The van der Waals surface area contributed by atoms with Crippen LogP contribution in [-0.4, -0.2) is 17.1 Å². The second-order valence-corrected chi connectivity index (χ2v) is 4.00. The number of aryl methyl sites for hydroxylation is 1. The molecule has 1 aromatic carbocycles. The van der Waals surface area contributed by atoms with Crippen molar-refractivity contribution in [1.29, 1.82) is 0 Å². The molecule has 1 amide bonds. The molecule has 0 aliphatic rings. The average molecular weight is 253 g/mol. The van der Waals surface area contributed by atoms with Gasteiger partial charge in [0.1, 0.15) is 0 Å². The summed E-state index contributed by atoms with van der Waals surface area (Å²) in [4.78, 5) is 15.9. The maximum Gasteiger partial charge on any atom is 0.271 e. The molecule has 0 radical (unpaired) electrons. The molecule has 2 aromatic rings. The van der Waals surface area contributed by atoms with Crippen LogP contribution in [0.4, 0.5) is 0 Å². The normalized spacial score (nSPS) is 10.6. The predicted octanol–water partition coefficient (Wildman–Crippen LogP) is 2.41. The van der Waals surface area contributed by atoms with E-state index in [0.29, 0.717) is 5.56 Å². The van der Waals surface area contributed by atoms with E-state index in [4.69, 9.17) is 0 Å². The van der Waals surface area contributed by atoms with Crippen molar-refractivity contribution in [3.63, 3.8) is 0 Å². The molecule has 0 fully saturated rings. The predicted molar refractivity (Wildman–Crippen MR) is 75.1 cm³/mol. The van der Waals surface area contributed by atoms with E-state index in [2.05, 4.69) is 15.5 Å². The molecule has 1 N–H and O–H groups in total. The highest BCUT2D eigenvalue weighted by Crippen LogP contribution is 2.00. The van der Waals surface area contributed by atoms with Crippen LogP contribution in [0.25, 0.3) is 0 Å². The van der Waals surface area contributed by atoms with Gasteiger partial charge in [0, 0.05) is 17.5 Å². The Morgan fingerprint density at radius 2 is 2.11 bits per heavy atom. The summed E-state index contributed by atoms with van der Waals surface area (Å²) in [6.45, 7) is 2.04. The van der Waals surface area contributed by atoms with Gasteiger partial charge < -0.3 is 0 Å². The van der Waals surface area contributed by atoms with Crippen molar-refractivity contribution in [3.05, 3.63) is 65.5 Å². The maximum absolute atomic E-state index is 11.7. The Hall–Kier alpha value is -2.49. The Balaban J connectivity index is 1.98. The number of nitrogens with one attached hydrogen (secondary N) is 1. The van der Waals surface area contributed by atoms with Crippen molar-refractivity contribution in [2.75, 3.05) is 0 Å². The van der Waals surface area contributed by atoms with E-state index in [1.54, 1.807) is 24.5 Å². The van der Waals surface area contributed by atoms with Crippen LogP contribution in [0.1, 0.15) is 28.5 Å². The molecular weight excluding hydrogens is 238 g/mol. The molecule has 0 aliphatic carbocycles. The molecule has 0 unspecified atom stereocenters. The van der Waals surface area contributed by atoms with Crippen molar-refractivity contribution in [2.45, 2.75) is 13.3 Å².